The topological polar surface area (TPSA) is 49.5 Å². The van der Waals surface area contributed by atoms with Crippen LogP contribution in [0.25, 0.3) is 0 Å². The van der Waals surface area contributed by atoms with Crippen LogP contribution in [-0.2, 0) is 0 Å². The maximum atomic E-state index is 9.58. The Bertz CT molecular complexity index is 386. The van der Waals surface area contributed by atoms with Gasteiger partial charge in [-0.3, -0.25) is 0 Å². The van der Waals surface area contributed by atoms with Gasteiger partial charge in [-0.25, -0.2) is 0 Å². The van der Waals surface area contributed by atoms with E-state index < -0.39 is 5.54 Å². The van der Waals surface area contributed by atoms with Gasteiger partial charge in [-0.05, 0) is 44.7 Å². The van der Waals surface area contributed by atoms with Gasteiger partial charge >= 0.3 is 0 Å². The number of aliphatic hydroxyl groups excluding tert-OH is 1. The molecule has 1 aromatic carbocycles. The zero-order valence-electron chi connectivity index (χ0n) is 11.4. The van der Waals surface area contributed by atoms with Crippen molar-refractivity contribution in [2.45, 2.75) is 32.2 Å². The predicted molar refractivity (Wildman–Crippen MR) is 75.8 cm³/mol. The minimum Gasteiger partial charge on any atom is -0.394 e. The predicted octanol–water partition coefficient (Wildman–Crippen LogP) is 1.92. The summed E-state index contributed by atoms with van der Waals surface area (Å²) in [5.41, 5.74) is 8.36. The van der Waals surface area contributed by atoms with E-state index in [2.05, 4.69) is 43.0 Å². The summed E-state index contributed by atoms with van der Waals surface area (Å²) >= 11 is 0. The van der Waals surface area contributed by atoms with E-state index in [0.29, 0.717) is 5.92 Å². The molecule has 1 atom stereocenters. The zero-order valence-corrected chi connectivity index (χ0v) is 11.4. The van der Waals surface area contributed by atoms with Crippen LogP contribution in [0.5, 0.6) is 0 Å². The Labute approximate surface area is 110 Å². The van der Waals surface area contributed by atoms with Crippen LogP contribution in [0.1, 0.15) is 25.3 Å². The van der Waals surface area contributed by atoms with Crippen molar-refractivity contribution in [2.24, 2.45) is 11.7 Å². The second kappa shape index (κ2) is 5.29. The van der Waals surface area contributed by atoms with Gasteiger partial charge in [-0.15, -0.1) is 0 Å². The van der Waals surface area contributed by atoms with E-state index in [0.717, 1.165) is 25.9 Å². The number of benzene rings is 1. The number of likely N-dealkylation sites (N-methyl/N-ethyl adjacent to an activating group) is 1. The number of hydrogen-bond donors (Lipinski definition) is 2. The highest BCUT2D eigenvalue weighted by atomic mass is 16.3. The van der Waals surface area contributed by atoms with Crippen molar-refractivity contribution in [3.63, 3.8) is 0 Å². The molecule has 0 aliphatic heterocycles. The van der Waals surface area contributed by atoms with Crippen molar-refractivity contribution in [3.8, 4) is 0 Å². The Kier molecular flexibility index (Phi) is 3.93. The van der Waals surface area contributed by atoms with Gasteiger partial charge in [-0.1, -0.05) is 17.7 Å². The van der Waals surface area contributed by atoms with Crippen molar-refractivity contribution in [3.05, 3.63) is 29.8 Å². The average molecular weight is 248 g/mol. The lowest BCUT2D eigenvalue weighted by atomic mass is 9.94. The van der Waals surface area contributed by atoms with Crippen LogP contribution >= 0.6 is 0 Å². The maximum Gasteiger partial charge on any atom is 0.0631 e. The van der Waals surface area contributed by atoms with Crippen molar-refractivity contribution in [2.75, 3.05) is 24.6 Å². The smallest absolute Gasteiger partial charge is 0.0631 e. The fourth-order valence-corrected chi connectivity index (χ4v) is 2.46. The molecule has 18 heavy (non-hydrogen) atoms. The van der Waals surface area contributed by atoms with Gasteiger partial charge in [0, 0.05) is 18.8 Å². The molecule has 1 aliphatic rings. The Balaban J connectivity index is 2.11. The second-order valence-corrected chi connectivity index (χ2v) is 5.52. The molecular formula is C15H24N2O. The van der Waals surface area contributed by atoms with Crippen LogP contribution in [-0.4, -0.2) is 30.3 Å². The number of aliphatic hydroxyl groups is 1. The van der Waals surface area contributed by atoms with Crippen molar-refractivity contribution in [1.29, 1.82) is 0 Å². The first-order valence-corrected chi connectivity index (χ1v) is 6.80. The monoisotopic (exact) mass is 248 g/mol. The number of aryl methyl sites for hydroxylation is 1. The third kappa shape index (κ3) is 2.85. The van der Waals surface area contributed by atoms with Gasteiger partial charge in [0.15, 0.2) is 0 Å². The summed E-state index contributed by atoms with van der Waals surface area (Å²) in [7, 11) is 0. The first-order valence-electron chi connectivity index (χ1n) is 6.80. The molecule has 3 nitrogen and oxygen atoms in total. The minimum atomic E-state index is -0.444. The van der Waals surface area contributed by atoms with E-state index in [4.69, 9.17) is 5.73 Å². The third-order valence-corrected chi connectivity index (χ3v) is 3.95. The quantitative estimate of drug-likeness (QED) is 0.808. The number of anilines is 1. The van der Waals surface area contributed by atoms with E-state index in [1.54, 1.807) is 0 Å². The highest BCUT2D eigenvalue weighted by molar-refractivity contribution is 5.48. The second-order valence-electron chi connectivity index (χ2n) is 5.52. The highest BCUT2D eigenvalue weighted by Crippen LogP contribution is 2.39. The summed E-state index contributed by atoms with van der Waals surface area (Å²) < 4.78 is 0. The molecule has 0 bridgehead atoms. The molecule has 1 aliphatic carbocycles. The molecule has 0 aromatic heterocycles. The molecule has 0 heterocycles. The lowest BCUT2D eigenvalue weighted by molar-refractivity contribution is 0.180. The normalized spacial score (nSPS) is 18.4. The Morgan fingerprint density at radius 2 is 1.94 bits per heavy atom. The Morgan fingerprint density at radius 3 is 2.39 bits per heavy atom. The number of nitrogens with two attached hydrogens (primary N) is 1. The van der Waals surface area contributed by atoms with E-state index in [-0.39, 0.29) is 6.61 Å². The molecule has 0 radical (unpaired) electrons. The van der Waals surface area contributed by atoms with E-state index in [1.165, 1.54) is 11.3 Å². The van der Waals surface area contributed by atoms with Crippen LogP contribution in [0.15, 0.2) is 24.3 Å². The summed E-state index contributed by atoms with van der Waals surface area (Å²) in [5.74, 6) is 0.488. The highest BCUT2D eigenvalue weighted by Gasteiger charge is 2.42. The minimum absolute atomic E-state index is 0.0695. The molecule has 1 fully saturated rings. The summed E-state index contributed by atoms with van der Waals surface area (Å²) in [6, 6.07) is 8.49. The first kappa shape index (κ1) is 13.4. The van der Waals surface area contributed by atoms with Gasteiger partial charge in [0.05, 0.1) is 12.1 Å². The van der Waals surface area contributed by atoms with Gasteiger partial charge in [0.2, 0.25) is 0 Å². The molecular weight excluding hydrogens is 224 g/mol. The summed E-state index contributed by atoms with van der Waals surface area (Å²) in [4.78, 5) is 2.26. The van der Waals surface area contributed by atoms with Gasteiger partial charge in [0.25, 0.3) is 0 Å². The molecule has 3 heteroatoms. The fraction of sp³-hybridized carbons (Fsp3) is 0.600. The molecule has 2 rings (SSSR count). The van der Waals surface area contributed by atoms with Crippen LogP contribution in [0, 0.1) is 12.8 Å². The van der Waals surface area contributed by atoms with Crippen molar-refractivity contribution < 1.29 is 5.11 Å². The lowest BCUT2D eigenvalue weighted by Crippen LogP contribution is -2.55. The van der Waals surface area contributed by atoms with E-state index >= 15 is 0 Å². The molecule has 0 saturated heterocycles. The summed E-state index contributed by atoms with van der Waals surface area (Å²) in [6.45, 7) is 5.93. The van der Waals surface area contributed by atoms with E-state index in [1.807, 2.05) is 0 Å². The van der Waals surface area contributed by atoms with Crippen molar-refractivity contribution in [1.82, 2.24) is 0 Å². The van der Waals surface area contributed by atoms with Crippen molar-refractivity contribution >= 4 is 5.69 Å². The fourth-order valence-electron chi connectivity index (χ4n) is 2.46. The standard InChI is InChI=1S/C15H24N2O/c1-3-17(14-8-4-12(2)5-9-14)10-15(16,11-18)13-6-7-13/h4-5,8-9,13,18H,3,6-7,10-11,16H2,1-2H3. The molecule has 100 valence electrons. The van der Waals surface area contributed by atoms with Crippen LogP contribution in [0.2, 0.25) is 0 Å². The van der Waals surface area contributed by atoms with Gasteiger partial charge in [-0.2, -0.15) is 0 Å². The molecule has 1 aromatic rings. The molecule has 3 N–H and O–H groups in total. The van der Waals surface area contributed by atoms with Crippen LogP contribution < -0.4 is 10.6 Å². The average Bonchev–Trinajstić information content (AvgIpc) is 3.21. The number of hydrogen-bond acceptors (Lipinski definition) is 3. The van der Waals surface area contributed by atoms with E-state index in [9.17, 15) is 5.11 Å². The largest absolute Gasteiger partial charge is 0.394 e. The van der Waals surface area contributed by atoms with Gasteiger partial charge in [0.1, 0.15) is 0 Å². The maximum absolute atomic E-state index is 9.58. The lowest BCUT2D eigenvalue weighted by Gasteiger charge is -2.35. The van der Waals surface area contributed by atoms with Crippen LogP contribution in [0.3, 0.4) is 0 Å². The molecule has 0 spiro atoms. The third-order valence-electron chi connectivity index (χ3n) is 3.95. The number of rotatable bonds is 6. The Morgan fingerprint density at radius 1 is 1.33 bits per heavy atom. The van der Waals surface area contributed by atoms with Gasteiger partial charge < -0.3 is 15.7 Å². The molecule has 1 unspecified atom stereocenters. The molecule has 1 saturated carbocycles. The number of nitrogens with zero attached hydrogens (tertiary/aromatic N) is 1. The zero-order chi connectivity index (χ0) is 13.2. The first-order chi connectivity index (χ1) is 8.59. The summed E-state index contributed by atoms with van der Waals surface area (Å²) in [6.07, 6.45) is 2.31. The summed E-state index contributed by atoms with van der Waals surface area (Å²) in [5, 5.41) is 9.58. The Hall–Kier alpha value is -1.06. The van der Waals surface area contributed by atoms with Crippen LogP contribution in [0.4, 0.5) is 5.69 Å². The SMILES string of the molecule is CCN(CC(N)(CO)C1CC1)c1ccc(C)cc1. The molecule has 0 amide bonds.